The lowest BCUT2D eigenvalue weighted by Crippen LogP contribution is -1.83. The number of aromatic amines is 1. The van der Waals surface area contributed by atoms with Crippen LogP contribution < -0.4 is 6.15 Å². The second-order valence-corrected chi connectivity index (χ2v) is 3.38. The quantitative estimate of drug-likeness (QED) is 0.861. The molecule has 0 bridgehead atoms. The molecule has 0 saturated heterocycles. The zero-order valence-corrected chi connectivity index (χ0v) is 10.3. The van der Waals surface area contributed by atoms with Gasteiger partial charge < -0.3 is 11.1 Å². The fraction of sp³-hybridized carbons (Fsp3) is 0.571. The van der Waals surface area contributed by atoms with Crippen molar-refractivity contribution in [3.63, 3.8) is 0 Å². The second-order valence-electron chi connectivity index (χ2n) is 2.10. The summed E-state index contributed by atoms with van der Waals surface area (Å²) in [4.78, 5) is 7.21. The predicted octanol–water partition coefficient (Wildman–Crippen LogP) is 2.98. The smallest absolute Gasteiger partial charge is 0.0925 e. The van der Waals surface area contributed by atoms with Crippen molar-refractivity contribution >= 4 is 36.6 Å². The molecule has 1 aromatic heterocycles. The molecule has 0 fully saturated rings. The Morgan fingerprint density at radius 3 is 2.46 bits per heavy atom. The molecule has 1 rings (SSSR count). The molecule has 13 heavy (non-hydrogen) atoms. The van der Waals surface area contributed by atoms with E-state index in [-0.39, 0.29) is 31.0 Å². The number of halogens is 2. The van der Waals surface area contributed by atoms with Crippen LogP contribution in [0.1, 0.15) is 18.3 Å². The summed E-state index contributed by atoms with van der Waals surface area (Å²) in [5, 5.41) is 0. The largest absolute Gasteiger partial charge is 0.348 e. The molecular weight excluding hydrogens is 229 g/mol. The van der Waals surface area contributed by atoms with Crippen LogP contribution in [-0.2, 0) is 5.75 Å². The van der Waals surface area contributed by atoms with Crippen molar-refractivity contribution in [1.82, 2.24) is 16.1 Å². The minimum absolute atomic E-state index is 0. The van der Waals surface area contributed by atoms with E-state index < -0.39 is 0 Å². The number of imidazole rings is 1. The van der Waals surface area contributed by atoms with Crippen LogP contribution in [0.5, 0.6) is 0 Å². The van der Waals surface area contributed by atoms with Gasteiger partial charge >= 0.3 is 0 Å². The summed E-state index contributed by atoms with van der Waals surface area (Å²) >= 11 is 1.91. The maximum atomic E-state index is 4.10. The first-order valence-electron chi connectivity index (χ1n) is 3.41. The van der Waals surface area contributed by atoms with Crippen molar-refractivity contribution in [3.8, 4) is 0 Å². The van der Waals surface area contributed by atoms with Gasteiger partial charge in [-0.15, -0.1) is 24.8 Å². The van der Waals surface area contributed by atoms with Crippen LogP contribution in [0.15, 0.2) is 6.33 Å². The van der Waals surface area contributed by atoms with Crippen LogP contribution in [0.25, 0.3) is 0 Å². The van der Waals surface area contributed by atoms with Crippen LogP contribution in [0, 0.1) is 6.92 Å². The Labute approximate surface area is 95.9 Å². The van der Waals surface area contributed by atoms with Gasteiger partial charge in [-0.1, -0.05) is 6.92 Å². The van der Waals surface area contributed by atoms with E-state index >= 15 is 0 Å². The number of aryl methyl sites for hydroxylation is 1. The van der Waals surface area contributed by atoms with E-state index in [0.717, 1.165) is 11.4 Å². The number of hydrogen-bond acceptors (Lipinski definition) is 3. The topological polar surface area (TPSA) is 63.7 Å². The highest BCUT2D eigenvalue weighted by Crippen LogP contribution is 2.11. The normalized spacial score (nSPS) is 7.85. The van der Waals surface area contributed by atoms with Gasteiger partial charge in [0.05, 0.1) is 12.0 Å². The molecule has 0 spiro atoms. The maximum absolute atomic E-state index is 4.10. The zero-order chi connectivity index (χ0) is 7.40. The number of H-pyrrole nitrogens is 1. The van der Waals surface area contributed by atoms with E-state index in [1.54, 1.807) is 6.33 Å². The molecule has 0 aliphatic heterocycles. The molecular formula is C7H17Cl2N3S. The number of hydrogen-bond donors (Lipinski definition) is 2. The van der Waals surface area contributed by atoms with Crippen molar-refractivity contribution in [1.29, 1.82) is 0 Å². The van der Waals surface area contributed by atoms with Crippen molar-refractivity contribution in [3.05, 3.63) is 17.7 Å². The summed E-state index contributed by atoms with van der Waals surface area (Å²) in [7, 11) is 0. The van der Waals surface area contributed by atoms with Gasteiger partial charge in [0.15, 0.2) is 0 Å². The average molecular weight is 246 g/mol. The van der Waals surface area contributed by atoms with Gasteiger partial charge in [0.2, 0.25) is 0 Å². The van der Waals surface area contributed by atoms with Crippen LogP contribution in [-0.4, -0.2) is 15.7 Å². The summed E-state index contributed by atoms with van der Waals surface area (Å²) in [6, 6.07) is 0. The van der Waals surface area contributed by atoms with Gasteiger partial charge in [-0.3, -0.25) is 0 Å². The Kier molecular flexibility index (Phi) is 14.7. The van der Waals surface area contributed by atoms with E-state index in [9.17, 15) is 0 Å². The van der Waals surface area contributed by atoms with Crippen molar-refractivity contribution < 1.29 is 0 Å². The second kappa shape index (κ2) is 10.2. The van der Waals surface area contributed by atoms with Gasteiger partial charge in [0.1, 0.15) is 0 Å². The van der Waals surface area contributed by atoms with E-state index in [0.29, 0.717) is 0 Å². The lowest BCUT2D eigenvalue weighted by molar-refractivity contribution is 1.19. The Morgan fingerprint density at radius 2 is 2.08 bits per heavy atom. The molecule has 80 valence electrons. The zero-order valence-electron chi connectivity index (χ0n) is 7.87. The first kappa shape index (κ1) is 18.8. The predicted molar refractivity (Wildman–Crippen MR) is 64.7 cm³/mol. The van der Waals surface area contributed by atoms with Gasteiger partial charge in [-0.2, -0.15) is 11.8 Å². The highest BCUT2D eigenvalue weighted by molar-refractivity contribution is 7.98. The third-order valence-corrected chi connectivity index (χ3v) is 2.29. The molecule has 0 saturated carbocycles. The Balaban J connectivity index is -0.000000333. The summed E-state index contributed by atoms with van der Waals surface area (Å²) in [5.41, 5.74) is 2.38. The molecule has 6 heteroatoms. The highest BCUT2D eigenvalue weighted by atomic mass is 35.5. The molecule has 0 aliphatic rings. The molecule has 0 aromatic carbocycles. The third kappa shape index (κ3) is 6.21. The van der Waals surface area contributed by atoms with Crippen molar-refractivity contribution in [2.45, 2.75) is 19.6 Å². The number of rotatable bonds is 3. The summed E-state index contributed by atoms with van der Waals surface area (Å²) in [6.45, 7) is 4.19. The molecule has 0 atom stereocenters. The summed E-state index contributed by atoms with van der Waals surface area (Å²) < 4.78 is 0. The van der Waals surface area contributed by atoms with Crippen LogP contribution in [0.3, 0.4) is 0 Å². The van der Waals surface area contributed by atoms with Crippen LogP contribution in [0.4, 0.5) is 0 Å². The average Bonchev–Trinajstić information content (AvgIpc) is 2.31. The van der Waals surface area contributed by atoms with Crippen molar-refractivity contribution in [2.24, 2.45) is 0 Å². The molecule has 3 nitrogen and oxygen atoms in total. The van der Waals surface area contributed by atoms with Gasteiger partial charge in [-0.25, -0.2) is 4.98 Å². The monoisotopic (exact) mass is 245 g/mol. The lowest BCUT2D eigenvalue weighted by Gasteiger charge is -1.94. The Bertz CT molecular complexity index is 205. The van der Waals surface area contributed by atoms with E-state index in [4.69, 9.17) is 0 Å². The molecule has 4 N–H and O–H groups in total. The number of nitrogens with one attached hydrogen (secondary N) is 1. The van der Waals surface area contributed by atoms with Crippen LogP contribution in [0.2, 0.25) is 0 Å². The van der Waals surface area contributed by atoms with Gasteiger partial charge in [0.25, 0.3) is 0 Å². The van der Waals surface area contributed by atoms with Crippen molar-refractivity contribution in [2.75, 3.05) is 5.75 Å². The minimum Gasteiger partial charge on any atom is -0.348 e. The molecule has 0 unspecified atom stereocenters. The van der Waals surface area contributed by atoms with E-state index in [1.807, 2.05) is 18.7 Å². The molecule has 0 amide bonds. The first-order valence-corrected chi connectivity index (χ1v) is 4.56. The number of nitrogens with zero attached hydrogens (tertiary/aromatic N) is 1. The third-order valence-electron chi connectivity index (χ3n) is 1.38. The molecule has 1 aromatic rings. The standard InChI is InChI=1S/C7H12N2S.2ClH.H3N/c1-3-10-4-7-6(2)8-5-9-7;;;/h5H,3-4H2,1-2H3,(H,8,9);2*1H;1H3. The van der Waals surface area contributed by atoms with Crippen LogP contribution >= 0.6 is 36.6 Å². The SMILES string of the molecule is CCSCc1[nH]cnc1C.Cl.Cl.N. The number of thioether (sulfide) groups is 1. The molecule has 0 radical (unpaired) electrons. The minimum atomic E-state index is 0. The first-order chi connectivity index (χ1) is 4.84. The maximum Gasteiger partial charge on any atom is 0.0925 e. The fourth-order valence-corrected chi connectivity index (χ4v) is 1.44. The Hall–Kier alpha value is 0.1000. The van der Waals surface area contributed by atoms with Gasteiger partial charge in [-0.05, 0) is 12.7 Å². The van der Waals surface area contributed by atoms with E-state index in [1.165, 1.54) is 11.4 Å². The van der Waals surface area contributed by atoms with Gasteiger partial charge in [0, 0.05) is 11.4 Å². The molecule has 0 aliphatic carbocycles. The molecule has 1 heterocycles. The number of aromatic nitrogens is 2. The van der Waals surface area contributed by atoms with E-state index in [2.05, 4.69) is 16.9 Å². The Morgan fingerprint density at radius 1 is 1.46 bits per heavy atom. The highest BCUT2D eigenvalue weighted by Gasteiger charge is 1.97. The lowest BCUT2D eigenvalue weighted by atomic mass is 10.4. The summed E-state index contributed by atoms with van der Waals surface area (Å²) in [6.07, 6.45) is 1.75. The summed E-state index contributed by atoms with van der Waals surface area (Å²) in [5.74, 6) is 2.22. The fourth-order valence-electron chi connectivity index (χ4n) is 0.740.